The van der Waals surface area contributed by atoms with Gasteiger partial charge in [0.1, 0.15) is 18.5 Å². The molecule has 30 heavy (non-hydrogen) atoms. The minimum absolute atomic E-state index is 0.0790. The maximum absolute atomic E-state index is 11.8. The zero-order valence-electron chi connectivity index (χ0n) is 17.3. The topological polar surface area (TPSA) is 149 Å². The molecular formula is C19H28N4O7. The van der Waals surface area contributed by atoms with Gasteiger partial charge in [0, 0.05) is 25.0 Å². The van der Waals surface area contributed by atoms with Crippen molar-refractivity contribution >= 4 is 16.9 Å². The molecule has 1 amide bonds. The molecule has 0 radical (unpaired) electrons. The van der Waals surface area contributed by atoms with Crippen molar-refractivity contribution in [1.82, 2.24) is 15.8 Å². The Labute approximate surface area is 173 Å². The Morgan fingerprint density at radius 1 is 1.43 bits per heavy atom. The summed E-state index contributed by atoms with van der Waals surface area (Å²) in [5, 5.41) is 30.1. The first-order valence-electron chi connectivity index (χ1n) is 9.63. The summed E-state index contributed by atoms with van der Waals surface area (Å²) in [6.07, 6.45) is -0.377. The number of rotatable bonds is 13. The lowest BCUT2D eigenvalue weighted by atomic mass is 10.1. The molecule has 2 aromatic rings. The van der Waals surface area contributed by atoms with Crippen molar-refractivity contribution < 1.29 is 29.1 Å². The highest BCUT2D eigenvalue weighted by Gasteiger charge is 2.20. The molecule has 2 rings (SSSR count). The number of ether oxygens (including phenoxy) is 1. The van der Waals surface area contributed by atoms with Gasteiger partial charge in [0.25, 0.3) is 5.09 Å². The third-order valence-electron chi connectivity index (χ3n) is 4.35. The van der Waals surface area contributed by atoms with Crippen LogP contribution in [0.2, 0.25) is 0 Å². The number of aryl methyl sites for hydroxylation is 1. The first-order valence-corrected chi connectivity index (χ1v) is 9.63. The Bertz CT molecular complexity index is 853. The number of amides is 1. The smallest absolute Gasteiger partial charge is 0.294 e. The van der Waals surface area contributed by atoms with E-state index in [4.69, 9.17) is 9.26 Å². The van der Waals surface area contributed by atoms with Gasteiger partial charge in [0.2, 0.25) is 5.91 Å². The number of carbonyl (C=O) groups is 1. The van der Waals surface area contributed by atoms with E-state index in [-0.39, 0.29) is 38.5 Å². The number of hydrogen-bond acceptors (Lipinski definition) is 9. The van der Waals surface area contributed by atoms with Gasteiger partial charge in [-0.3, -0.25) is 4.79 Å². The highest BCUT2D eigenvalue weighted by molar-refractivity contribution is 5.85. The second kappa shape index (κ2) is 10.7. The minimum Gasteiger partial charge on any atom is -0.490 e. The van der Waals surface area contributed by atoms with E-state index in [1.54, 1.807) is 18.2 Å². The molecule has 0 fully saturated rings. The van der Waals surface area contributed by atoms with Gasteiger partial charge >= 0.3 is 0 Å². The molecule has 1 aromatic heterocycles. The van der Waals surface area contributed by atoms with Crippen LogP contribution < -0.4 is 15.4 Å². The van der Waals surface area contributed by atoms with Crippen LogP contribution in [0.5, 0.6) is 5.75 Å². The average molecular weight is 424 g/mol. The maximum Gasteiger partial charge on any atom is 0.294 e. The zero-order valence-corrected chi connectivity index (χ0v) is 17.3. The largest absolute Gasteiger partial charge is 0.490 e. The molecule has 1 heterocycles. The summed E-state index contributed by atoms with van der Waals surface area (Å²) in [4.78, 5) is 26.0. The van der Waals surface area contributed by atoms with E-state index in [1.807, 2.05) is 20.8 Å². The summed E-state index contributed by atoms with van der Waals surface area (Å²) in [5.41, 5.74) is 0.869. The van der Waals surface area contributed by atoms with Gasteiger partial charge < -0.3 is 29.8 Å². The number of nitrogens with zero attached hydrogens (tertiary/aromatic N) is 2. The molecule has 0 saturated heterocycles. The maximum atomic E-state index is 11.8. The Hall–Kier alpha value is -2.92. The summed E-state index contributed by atoms with van der Waals surface area (Å²) >= 11 is 0. The molecule has 166 valence electrons. The molecule has 3 N–H and O–H groups in total. The van der Waals surface area contributed by atoms with Crippen molar-refractivity contribution in [1.29, 1.82) is 0 Å². The lowest BCUT2D eigenvalue weighted by Crippen LogP contribution is -2.51. The first-order chi connectivity index (χ1) is 14.2. The number of fused-ring (bicyclic) bond motifs is 1. The van der Waals surface area contributed by atoms with Crippen LogP contribution in [0.4, 0.5) is 0 Å². The number of nitrogens with one attached hydrogen (secondary N) is 2. The van der Waals surface area contributed by atoms with Gasteiger partial charge in [0.15, 0.2) is 5.58 Å². The molecule has 1 atom stereocenters. The molecule has 11 heteroatoms. The van der Waals surface area contributed by atoms with Gasteiger partial charge in [-0.05, 0) is 39.3 Å². The second-order valence-electron chi connectivity index (χ2n) is 7.56. The SMILES string of the molecule is Cc1noc2cccc(OCC(O)CNC(C)(C)CNC(=O)CCCO[N+](=O)[O-])c12. The molecule has 0 aliphatic rings. The van der Waals surface area contributed by atoms with E-state index in [0.29, 0.717) is 17.9 Å². The third-order valence-corrected chi connectivity index (χ3v) is 4.35. The number of benzene rings is 1. The molecule has 0 aliphatic heterocycles. The van der Waals surface area contributed by atoms with Gasteiger partial charge in [-0.15, -0.1) is 10.1 Å². The molecular weight excluding hydrogens is 396 g/mol. The number of aromatic nitrogens is 1. The predicted molar refractivity (Wildman–Crippen MR) is 108 cm³/mol. The molecule has 0 aliphatic carbocycles. The van der Waals surface area contributed by atoms with Crippen molar-refractivity contribution in [2.45, 2.75) is 45.3 Å². The Balaban J connectivity index is 1.70. The molecule has 0 saturated carbocycles. The minimum atomic E-state index is -0.881. The van der Waals surface area contributed by atoms with E-state index < -0.39 is 16.7 Å². The van der Waals surface area contributed by atoms with Crippen LogP contribution in [-0.2, 0) is 9.63 Å². The Morgan fingerprint density at radius 3 is 2.93 bits per heavy atom. The van der Waals surface area contributed by atoms with Gasteiger partial charge in [0.05, 0.1) is 17.7 Å². The number of β-amino-alcohol motifs (C(OH)–C–C–N with tert-alkyl or cyclic N) is 1. The Kier molecular flexibility index (Phi) is 8.36. The van der Waals surface area contributed by atoms with Crippen LogP contribution in [0.3, 0.4) is 0 Å². The van der Waals surface area contributed by atoms with Crippen LogP contribution in [0, 0.1) is 17.0 Å². The lowest BCUT2D eigenvalue weighted by Gasteiger charge is -2.28. The van der Waals surface area contributed by atoms with E-state index in [2.05, 4.69) is 20.6 Å². The Morgan fingerprint density at radius 2 is 2.20 bits per heavy atom. The summed E-state index contributed by atoms with van der Waals surface area (Å²) in [6, 6.07) is 5.39. The van der Waals surface area contributed by atoms with Gasteiger partial charge in [-0.2, -0.15) is 0 Å². The summed E-state index contributed by atoms with van der Waals surface area (Å²) < 4.78 is 10.9. The van der Waals surface area contributed by atoms with E-state index >= 15 is 0 Å². The molecule has 11 nitrogen and oxygen atoms in total. The molecule has 0 spiro atoms. The van der Waals surface area contributed by atoms with Crippen LogP contribution in [0.15, 0.2) is 22.7 Å². The predicted octanol–water partition coefficient (Wildman–Crippen LogP) is 1.35. The number of hydrogen-bond donors (Lipinski definition) is 3. The van der Waals surface area contributed by atoms with Crippen molar-refractivity contribution in [3.8, 4) is 5.75 Å². The summed E-state index contributed by atoms with van der Waals surface area (Å²) in [5.74, 6) is 0.371. The summed E-state index contributed by atoms with van der Waals surface area (Å²) in [7, 11) is 0. The van der Waals surface area contributed by atoms with Gasteiger partial charge in [-0.25, -0.2) is 0 Å². The number of carbonyl (C=O) groups excluding carboxylic acids is 1. The van der Waals surface area contributed by atoms with Crippen LogP contribution in [0.1, 0.15) is 32.4 Å². The fraction of sp³-hybridized carbons (Fsp3) is 0.579. The van der Waals surface area contributed by atoms with Gasteiger partial charge in [-0.1, -0.05) is 11.2 Å². The summed E-state index contributed by atoms with van der Waals surface area (Å²) in [6.45, 7) is 6.15. The molecule has 1 aromatic carbocycles. The fourth-order valence-corrected chi connectivity index (χ4v) is 2.71. The average Bonchev–Trinajstić information content (AvgIpc) is 3.08. The third kappa shape index (κ3) is 7.48. The first kappa shape index (κ1) is 23.4. The highest BCUT2D eigenvalue weighted by Crippen LogP contribution is 2.28. The normalized spacial score (nSPS) is 12.5. The quantitative estimate of drug-likeness (QED) is 0.246. The monoisotopic (exact) mass is 424 g/mol. The van der Waals surface area contributed by atoms with Crippen molar-refractivity contribution in [2.24, 2.45) is 0 Å². The molecule has 0 bridgehead atoms. The molecule has 1 unspecified atom stereocenters. The van der Waals surface area contributed by atoms with E-state index in [1.165, 1.54) is 0 Å². The second-order valence-corrected chi connectivity index (χ2v) is 7.56. The zero-order chi connectivity index (χ0) is 22.1. The van der Waals surface area contributed by atoms with Crippen LogP contribution >= 0.6 is 0 Å². The number of aliphatic hydroxyl groups is 1. The highest BCUT2D eigenvalue weighted by atomic mass is 16.9. The van der Waals surface area contributed by atoms with Crippen molar-refractivity contribution in [3.63, 3.8) is 0 Å². The van der Waals surface area contributed by atoms with Crippen LogP contribution in [-0.4, -0.2) is 59.2 Å². The van der Waals surface area contributed by atoms with Crippen LogP contribution in [0.25, 0.3) is 11.0 Å². The van der Waals surface area contributed by atoms with E-state index in [9.17, 15) is 20.0 Å². The lowest BCUT2D eigenvalue weighted by molar-refractivity contribution is -0.757. The standard InChI is InChI=1S/C19H28N4O7/c1-13-18-15(6-4-7-16(18)30-22-13)28-11-14(24)10-21-19(2,3)12-20-17(25)8-5-9-29-23(26)27/h4,6-7,14,21,24H,5,8-12H2,1-3H3,(H,20,25). The number of aliphatic hydroxyl groups excluding tert-OH is 1. The fourth-order valence-electron chi connectivity index (χ4n) is 2.71. The van der Waals surface area contributed by atoms with E-state index in [0.717, 1.165) is 11.1 Å². The van der Waals surface area contributed by atoms with Crippen molar-refractivity contribution in [3.05, 3.63) is 34.0 Å². The van der Waals surface area contributed by atoms with Crippen molar-refractivity contribution in [2.75, 3.05) is 26.3 Å².